The van der Waals surface area contributed by atoms with E-state index in [0.717, 1.165) is 24.5 Å². The summed E-state index contributed by atoms with van der Waals surface area (Å²) >= 11 is 0. The van der Waals surface area contributed by atoms with Gasteiger partial charge in [0.15, 0.2) is 0 Å². The van der Waals surface area contributed by atoms with Crippen LogP contribution in [0.5, 0.6) is 0 Å². The molecule has 0 unspecified atom stereocenters. The Morgan fingerprint density at radius 3 is 2.75 bits per heavy atom. The minimum atomic E-state index is 0.839. The Labute approximate surface area is 73.6 Å². The molecule has 1 heterocycles. The summed E-state index contributed by atoms with van der Waals surface area (Å²) in [7, 11) is 0. The van der Waals surface area contributed by atoms with Crippen LogP contribution in [0.25, 0.3) is 0 Å². The van der Waals surface area contributed by atoms with Gasteiger partial charge in [0.25, 0.3) is 0 Å². The van der Waals surface area contributed by atoms with Crippen molar-refractivity contribution in [1.29, 1.82) is 0 Å². The van der Waals surface area contributed by atoms with Crippen molar-refractivity contribution in [3.63, 3.8) is 0 Å². The number of anilines is 1. The van der Waals surface area contributed by atoms with Gasteiger partial charge in [0.1, 0.15) is 5.82 Å². The smallest absolute Gasteiger partial charge is 0.126 e. The fraction of sp³-hybridized carbons (Fsp3) is 0.667. The number of rotatable bonds is 4. The van der Waals surface area contributed by atoms with Gasteiger partial charge in [-0.15, -0.1) is 0 Å². The molecule has 0 saturated heterocycles. The molecule has 0 fully saturated rings. The van der Waals surface area contributed by atoms with Gasteiger partial charge in [-0.2, -0.15) is 0 Å². The van der Waals surface area contributed by atoms with Gasteiger partial charge in [-0.1, -0.05) is 13.3 Å². The van der Waals surface area contributed by atoms with Crippen LogP contribution in [-0.4, -0.2) is 9.55 Å². The number of aryl methyl sites for hydroxylation is 2. The molecule has 0 saturated carbocycles. The molecule has 0 aliphatic carbocycles. The van der Waals surface area contributed by atoms with Crippen LogP contribution >= 0.6 is 0 Å². The van der Waals surface area contributed by atoms with Crippen LogP contribution in [0.4, 0.5) is 5.82 Å². The summed E-state index contributed by atoms with van der Waals surface area (Å²) in [6, 6.07) is 0. The Balaban J connectivity index is 2.66. The van der Waals surface area contributed by atoms with Crippen LogP contribution in [-0.2, 0) is 13.0 Å². The SMILES string of the molecule is CCCCc1ncn(CC)c1N. The predicted octanol–water partition coefficient (Wildman–Crippen LogP) is 1.83. The molecule has 0 atom stereocenters. The Morgan fingerprint density at radius 1 is 1.50 bits per heavy atom. The first kappa shape index (κ1) is 9.10. The highest BCUT2D eigenvalue weighted by Crippen LogP contribution is 2.12. The summed E-state index contributed by atoms with van der Waals surface area (Å²) < 4.78 is 1.98. The van der Waals surface area contributed by atoms with E-state index < -0.39 is 0 Å². The molecule has 68 valence electrons. The topological polar surface area (TPSA) is 43.8 Å². The number of unbranched alkanes of at least 4 members (excludes halogenated alkanes) is 1. The Morgan fingerprint density at radius 2 is 2.25 bits per heavy atom. The highest BCUT2D eigenvalue weighted by molar-refractivity contribution is 5.35. The van der Waals surface area contributed by atoms with Gasteiger partial charge in [0.2, 0.25) is 0 Å². The van der Waals surface area contributed by atoms with Crippen LogP contribution in [0.3, 0.4) is 0 Å². The Kier molecular flexibility index (Phi) is 3.14. The quantitative estimate of drug-likeness (QED) is 0.743. The maximum Gasteiger partial charge on any atom is 0.126 e. The first-order valence-corrected chi connectivity index (χ1v) is 4.59. The van der Waals surface area contributed by atoms with Crippen molar-refractivity contribution in [2.24, 2.45) is 0 Å². The lowest BCUT2D eigenvalue weighted by Crippen LogP contribution is -2.01. The third kappa shape index (κ3) is 1.78. The maximum absolute atomic E-state index is 5.86. The van der Waals surface area contributed by atoms with Crippen LogP contribution in [0.15, 0.2) is 6.33 Å². The molecule has 3 heteroatoms. The second-order valence-corrected chi connectivity index (χ2v) is 2.97. The van der Waals surface area contributed by atoms with Crippen LogP contribution < -0.4 is 5.73 Å². The van der Waals surface area contributed by atoms with Crippen molar-refractivity contribution < 1.29 is 0 Å². The molecule has 1 aromatic rings. The van der Waals surface area contributed by atoms with Gasteiger partial charge >= 0.3 is 0 Å². The number of nitrogens with two attached hydrogens (primary N) is 1. The first-order valence-electron chi connectivity index (χ1n) is 4.59. The van der Waals surface area contributed by atoms with Gasteiger partial charge in [-0.05, 0) is 19.8 Å². The van der Waals surface area contributed by atoms with Crippen molar-refractivity contribution in [3.05, 3.63) is 12.0 Å². The third-order valence-corrected chi connectivity index (χ3v) is 2.07. The van der Waals surface area contributed by atoms with Crippen LogP contribution in [0.1, 0.15) is 32.4 Å². The summed E-state index contributed by atoms with van der Waals surface area (Å²) in [6.07, 6.45) is 5.19. The van der Waals surface area contributed by atoms with E-state index in [2.05, 4.69) is 18.8 Å². The molecule has 3 nitrogen and oxygen atoms in total. The lowest BCUT2D eigenvalue weighted by atomic mass is 10.2. The molecule has 0 spiro atoms. The van der Waals surface area contributed by atoms with Gasteiger partial charge in [0, 0.05) is 6.54 Å². The van der Waals surface area contributed by atoms with E-state index in [0.29, 0.717) is 0 Å². The fourth-order valence-electron chi connectivity index (χ4n) is 1.22. The van der Waals surface area contributed by atoms with Crippen LogP contribution in [0.2, 0.25) is 0 Å². The zero-order valence-corrected chi connectivity index (χ0v) is 7.88. The fourth-order valence-corrected chi connectivity index (χ4v) is 1.22. The molecular formula is C9H17N3. The molecule has 0 bridgehead atoms. The number of imidazole rings is 1. The Hall–Kier alpha value is -0.990. The monoisotopic (exact) mass is 167 g/mol. The average Bonchev–Trinajstić information content (AvgIpc) is 2.43. The molecule has 0 amide bonds. The predicted molar refractivity (Wildman–Crippen MR) is 50.9 cm³/mol. The lowest BCUT2D eigenvalue weighted by Gasteiger charge is -2.00. The van der Waals surface area contributed by atoms with Gasteiger partial charge in [0.05, 0.1) is 12.0 Å². The average molecular weight is 167 g/mol. The molecule has 1 aromatic heterocycles. The summed E-state index contributed by atoms with van der Waals surface area (Å²) in [5, 5.41) is 0. The number of hydrogen-bond acceptors (Lipinski definition) is 2. The van der Waals surface area contributed by atoms with Crippen molar-refractivity contribution >= 4 is 5.82 Å². The number of hydrogen-bond donors (Lipinski definition) is 1. The largest absolute Gasteiger partial charge is 0.384 e. The summed E-state index contributed by atoms with van der Waals surface area (Å²) in [4.78, 5) is 4.26. The van der Waals surface area contributed by atoms with Crippen molar-refractivity contribution in [3.8, 4) is 0 Å². The lowest BCUT2D eigenvalue weighted by molar-refractivity contribution is 0.766. The highest BCUT2D eigenvalue weighted by atomic mass is 15.1. The van der Waals surface area contributed by atoms with Crippen molar-refractivity contribution in [2.45, 2.75) is 39.7 Å². The van der Waals surface area contributed by atoms with E-state index in [1.54, 1.807) is 0 Å². The van der Waals surface area contributed by atoms with Crippen LogP contribution in [0, 0.1) is 0 Å². The second-order valence-electron chi connectivity index (χ2n) is 2.97. The van der Waals surface area contributed by atoms with Crippen molar-refractivity contribution in [2.75, 3.05) is 5.73 Å². The summed E-state index contributed by atoms with van der Waals surface area (Å²) in [5.41, 5.74) is 6.91. The highest BCUT2D eigenvalue weighted by Gasteiger charge is 2.04. The molecule has 0 aromatic carbocycles. The number of aromatic nitrogens is 2. The van der Waals surface area contributed by atoms with E-state index in [1.807, 2.05) is 10.9 Å². The van der Waals surface area contributed by atoms with E-state index in [9.17, 15) is 0 Å². The third-order valence-electron chi connectivity index (χ3n) is 2.07. The second kappa shape index (κ2) is 4.14. The molecule has 0 aliphatic heterocycles. The molecular weight excluding hydrogens is 150 g/mol. The van der Waals surface area contributed by atoms with Gasteiger partial charge in [-0.3, -0.25) is 0 Å². The molecule has 0 radical (unpaired) electrons. The minimum Gasteiger partial charge on any atom is -0.384 e. The number of nitrogens with zero attached hydrogens (tertiary/aromatic N) is 2. The normalized spacial score (nSPS) is 10.5. The zero-order valence-electron chi connectivity index (χ0n) is 7.88. The zero-order chi connectivity index (χ0) is 8.97. The van der Waals surface area contributed by atoms with Gasteiger partial charge < -0.3 is 10.3 Å². The number of nitrogen functional groups attached to an aromatic ring is 1. The minimum absolute atomic E-state index is 0.839. The molecule has 12 heavy (non-hydrogen) atoms. The first-order chi connectivity index (χ1) is 5.79. The standard InChI is InChI=1S/C9H17N3/c1-3-5-6-8-9(10)12(4-2)7-11-8/h7H,3-6,10H2,1-2H3. The van der Waals surface area contributed by atoms with E-state index in [1.165, 1.54) is 12.8 Å². The molecule has 1 rings (SSSR count). The van der Waals surface area contributed by atoms with Gasteiger partial charge in [-0.25, -0.2) is 4.98 Å². The molecule has 0 aliphatic rings. The summed E-state index contributed by atoms with van der Waals surface area (Å²) in [6.45, 7) is 5.15. The Bertz CT molecular complexity index is 240. The molecule has 2 N–H and O–H groups in total. The van der Waals surface area contributed by atoms with Crippen molar-refractivity contribution in [1.82, 2.24) is 9.55 Å². The van der Waals surface area contributed by atoms with E-state index in [4.69, 9.17) is 5.73 Å². The van der Waals surface area contributed by atoms with E-state index >= 15 is 0 Å². The maximum atomic E-state index is 5.86. The van der Waals surface area contributed by atoms with E-state index in [-0.39, 0.29) is 0 Å². The summed E-state index contributed by atoms with van der Waals surface area (Å²) in [5.74, 6) is 0.839.